The number of hydrogen-bond acceptors (Lipinski definition) is 1. The van der Waals surface area contributed by atoms with Crippen LogP contribution in [0.3, 0.4) is 0 Å². The maximum absolute atomic E-state index is 14.3. The van der Waals surface area contributed by atoms with E-state index in [0.717, 1.165) is 41.5 Å². The van der Waals surface area contributed by atoms with Crippen molar-refractivity contribution < 1.29 is 9.13 Å². The van der Waals surface area contributed by atoms with Gasteiger partial charge in [0.25, 0.3) is 0 Å². The monoisotopic (exact) mass is 434 g/mol. The molecule has 0 radical (unpaired) electrons. The highest BCUT2D eigenvalue weighted by molar-refractivity contribution is 6.32. The lowest BCUT2D eigenvalue weighted by molar-refractivity contribution is 0.340. The lowest BCUT2D eigenvalue weighted by atomic mass is 9.78. The minimum absolute atomic E-state index is 0.162. The maximum atomic E-state index is 14.3. The highest BCUT2D eigenvalue weighted by Crippen LogP contribution is 2.34. The van der Waals surface area contributed by atoms with Gasteiger partial charge in [0, 0.05) is 6.42 Å². The molecule has 0 saturated carbocycles. The Morgan fingerprint density at radius 2 is 1.81 bits per heavy atom. The van der Waals surface area contributed by atoms with Gasteiger partial charge in [0.2, 0.25) is 0 Å². The molecule has 3 heteroatoms. The van der Waals surface area contributed by atoms with Gasteiger partial charge < -0.3 is 4.74 Å². The average Bonchev–Trinajstić information content (AvgIpc) is 2.78. The summed E-state index contributed by atoms with van der Waals surface area (Å²) in [6.07, 6.45) is 9.04. The molecule has 3 rings (SSSR count). The van der Waals surface area contributed by atoms with Crippen LogP contribution in [0.2, 0.25) is 5.02 Å². The minimum Gasteiger partial charge on any atom is -0.492 e. The molecule has 0 aliphatic carbocycles. The predicted molar refractivity (Wildman–Crippen MR) is 127 cm³/mol. The van der Waals surface area contributed by atoms with Crippen molar-refractivity contribution in [1.29, 1.82) is 0 Å². The van der Waals surface area contributed by atoms with Gasteiger partial charge in [0.15, 0.2) is 0 Å². The predicted octanol–water partition coefficient (Wildman–Crippen LogP) is 7.38. The Hall–Kier alpha value is -2.76. The van der Waals surface area contributed by atoms with Gasteiger partial charge in [-0.2, -0.15) is 0 Å². The molecule has 0 aliphatic rings. The number of rotatable bonds is 9. The summed E-state index contributed by atoms with van der Waals surface area (Å²) in [7, 11) is 0. The molecule has 1 nitrogen and oxygen atoms in total. The number of ether oxygens (including phenoxy) is 1. The van der Waals surface area contributed by atoms with Gasteiger partial charge >= 0.3 is 0 Å². The first-order valence-electron chi connectivity index (χ1n) is 10.7. The molecule has 0 heterocycles. The number of halogens is 2. The molecule has 0 aliphatic heterocycles. The molecule has 160 valence electrons. The Balaban J connectivity index is 1.67. The molecular weight excluding hydrogens is 407 g/mol. The van der Waals surface area contributed by atoms with Crippen LogP contribution in [0, 0.1) is 18.2 Å². The summed E-state index contributed by atoms with van der Waals surface area (Å²) >= 11 is 6.37. The zero-order chi connectivity index (χ0) is 22.3. The Morgan fingerprint density at radius 3 is 2.48 bits per heavy atom. The topological polar surface area (TPSA) is 9.23 Å². The first kappa shape index (κ1) is 22.9. The van der Waals surface area contributed by atoms with Gasteiger partial charge in [0.1, 0.15) is 11.6 Å². The average molecular weight is 435 g/mol. The second-order valence-corrected chi connectivity index (χ2v) is 8.40. The Bertz CT molecular complexity index is 1050. The summed E-state index contributed by atoms with van der Waals surface area (Å²) in [5.74, 6) is 3.46. The minimum atomic E-state index is -0.429. The first-order chi connectivity index (χ1) is 14.9. The van der Waals surface area contributed by atoms with E-state index in [1.807, 2.05) is 67.6 Å². The molecule has 3 aromatic carbocycles. The van der Waals surface area contributed by atoms with Crippen molar-refractivity contribution in [3.63, 3.8) is 0 Å². The molecule has 31 heavy (non-hydrogen) atoms. The summed E-state index contributed by atoms with van der Waals surface area (Å²) in [5, 5.41) is 0.574. The van der Waals surface area contributed by atoms with Crippen molar-refractivity contribution in [3.8, 4) is 18.1 Å². The summed E-state index contributed by atoms with van der Waals surface area (Å²) in [6, 6.07) is 21.2. The highest BCUT2D eigenvalue weighted by Gasteiger charge is 2.24. The fourth-order valence-corrected chi connectivity index (χ4v) is 4.03. The fourth-order valence-electron chi connectivity index (χ4n) is 3.80. The van der Waals surface area contributed by atoms with Gasteiger partial charge in [-0.05, 0) is 73.6 Å². The molecule has 0 aromatic heterocycles. The normalized spacial score (nSPS) is 12.7. The molecule has 1 atom stereocenters. The van der Waals surface area contributed by atoms with E-state index in [2.05, 4.69) is 12.8 Å². The van der Waals surface area contributed by atoms with Crippen molar-refractivity contribution in [2.75, 3.05) is 6.61 Å². The van der Waals surface area contributed by atoms with E-state index in [4.69, 9.17) is 22.8 Å². The largest absolute Gasteiger partial charge is 0.492 e. The molecule has 3 aromatic rings. The quantitative estimate of drug-likeness (QED) is 0.319. The molecule has 0 spiro atoms. The van der Waals surface area contributed by atoms with Gasteiger partial charge in [-0.3, -0.25) is 0 Å². The van der Waals surface area contributed by atoms with E-state index in [1.165, 1.54) is 0 Å². The smallest absolute Gasteiger partial charge is 0.137 e. The van der Waals surface area contributed by atoms with E-state index in [-0.39, 0.29) is 5.82 Å². The molecule has 0 fully saturated rings. The second kappa shape index (κ2) is 10.5. The van der Waals surface area contributed by atoms with Gasteiger partial charge in [-0.1, -0.05) is 66.1 Å². The standard InChI is InChI=1S/C28H28ClFO/c1-4-28(3,24-14-16-27(31-5-2)25(29)20-24)17-9-12-22-13-15-26(30)23(19-22)18-21-10-7-6-8-11-21/h1,6-8,10-11,13-16,19-20H,5,9,12,17-18H2,2-3H3. The molecule has 0 amide bonds. The van der Waals surface area contributed by atoms with Crippen LogP contribution >= 0.6 is 11.6 Å². The van der Waals surface area contributed by atoms with Crippen molar-refractivity contribution in [1.82, 2.24) is 0 Å². The highest BCUT2D eigenvalue weighted by atomic mass is 35.5. The third kappa shape index (κ3) is 5.90. The summed E-state index contributed by atoms with van der Waals surface area (Å²) in [5.41, 5.74) is 3.53. The summed E-state index contributed by atoms with van der Waals surface area (Å²) in [4.78, 5) is 0. The number of aryl methyl sites for hydroxylation is 1. The summed E-state index contributed by atoms with van der Waals surface area (Å²) < 4.78 is 19.8. The lowest BCUT2D eigenvalue weighted by Crippen LogP contribution is -2.20. The third-order valence-corrected chi connectivity index (χ3v) is 5.97. The van der Waals surface area contributed by atoms with Crippen LogP contribution in [0.1, 0.15) is 48.9 Å². The Morgan fingerprint density at radius 1 is 1.03 bits per heavy atom. The SMILES string of the molecule is C#CC(C)(CCCc1ccc(F)c(Cc2ccccc2)c1)c1ccc(OCC)c(Cl)c1. The first-order valence-corrected chi connectivity index (χ1v) is 11.0. The molecule has 1 unspecified atom stereocenters. The van der Waals surface area contributed by atoms with E-state index in [9.17, 15) is 4.39 Å². The molecule has 0 bridgehead atoms. The van der Waals surface area contributed by atoms with E-state index >= 15 is 0 Å². The van der Waals surface area contributed by atoms with Gasteiger partial charge in [-0.25, -0.2) is 4.39 Å². The summed E-state index contributed by atoms with van der Waals surface area (Å²) in [6.45, 7) is 4.55. The third-order valence-electron chi connectivity index (χ3n) is 5.68. The Kier molecular flexibility index (Phi) is 7.77. The van der Waals surface area contributed by atoms with E-state index < -0.39 is 5.41 Å². The fraction of sp³-hybridized carbons (Fsp3) is 0.286. The van der Waals surface area contributed by atoms with Crippen LogP contribution in [0.5, 0.6) is 5.75 Å². The Labute approximate surface area is 190 Å². The zero-order valence-electron chi connectivity index (χ0n) is 18.1. The maximum Gasteiger partial charge on any atom is 0.137 e. The van der Waals surface area contributed by atoms with Crippen LogP contribution in [-0.2, 0) is 18.3 Å². The second-order valence-electron chi connectivity index (χ2n) is 8.00. The van der Waals surface area contributed by atoms with Crippen molar-refractivity contribution in [3.05, 3.63) is 99.8 Å². The van der Waals surface area contributed by atoms with Gasteiger partial charge in [0.05, 0.1) is 17.0 Å². The van der Waals surface area contributed by atoms with Gasteiger partial charge in [-0.15, -0.1) is 6.42 Å². The van der Waals surface area contributed by atoms with Crippen LogP contribution in [0.25, 0.3) is 0 Å². The van der Waals surface area contributed by atoms with Crippen LogP contribution in [0.15, 0.2) is 66.7 Å². The molecule has 0 N–H and O–H groups in total. The van der Waals surface area contributed by atoms with E-state index in [1.54, 1.807) is 6.07 Å². The number of terminal acetylenes is 1. The molecular formula is C28H28ClFO. The number of hydrogen-bond donors (Lipinski definition) is 0. The van der Waals surface area contributed by atoms with E-state index in [0.29, 0.717) is 23.8 Å². The van der Waals surface area contributed by atoms with Crippen molar-refractivity contribution >= 4 is 11.6 Å². The van der Waals surface area contributed by atoms with Crippen LogP contribution < -0.4 is 4.74 Å². The van der Waals surface area contributed by atoms with Crippen LogP contribution in [0.4, 0.5) is 4.39 Å². The van der Waals surface area contributed by atoms with Crippen molar-refractivity contribution in [2.45, 2.75) is 44.9 Å². The molecule has 0 saturated heterocycles. The van der Waals surface area contributed by atoms with Crippen LogP contribution in [-0.4, -0.2) is 6.61 Å². The van der Waals surface area contributed by atoms with Crippen molar-refractivity contribution in [2.24, 2.45) is 0 Å². The zero-order valence-corrected chi connectivity index (χ0v) is 18.9. The number of benzene rings is 3. The lowest BCUT2D eigenvalue weighted by Gasteiger charge is -2.25.